The van der Waals surface area contributed by atoms with E-state index in [-0.39, 0.29) is 16.3 Å². The lowest BCUT2D eigenvalue weighted by Gasteiger charge is -2.32. The van der Waals surface area contributed by atoms with Gasteiger partial charge in [0, 0.05) is 18.5 Å². The van der Waals surface area contributed by atoms with Crippen molar-refractivity contribution in [1.82, 2.24) is 9.36 Å². The highest BCUT2D eigenvalue weighted by Gasteiger charge is 2.34. The Morgan fingerprint density at radius 1 is 1.17 bits per heavy atom. The van der Waals surface area contributed by atoms with Crippen LogP contribution in [0.3, 0.4) is 0 Å². The summed E-state index contributed by atoms with van der Waals surface area (Å²) in [5.74, 6) is -0.372. The average molecular weight is 433 g/mol. The third-order valence-electron chi connectivity index (χ3n) is 5.61. The number of benzene rings is 1. The first-order valence-corrected chi connectivity index (χ1v) is 11.1. The molecule has 1 aromatic carbocycles. The molecular formula is C20H18F2N4OS2. The smallest absolute Gasteiger partial charge is 0.275 e. The van der Waals surface area contributed by atoms with Crippen molar-refractivity contribution in [1.29, 1.82) is 0 Å². The van der Waals surface area contributed by atoms with Crippen molar-refractivity contribution in [3.8, 4) is 10.6 Å². The van der Waals surface area contributed by atoms with Gasteiger partial charge in [-0.15, -0.1) is 11.3 Å². The monoisotopic (exact) mass is 432 g/mol. The minimum Gasteiger partial charge on any atom is -0.360 e. The van der Waals surface area contributed by atoms with Crippen LogP contribution in [-0.2, 0) is 0 Å². The van der Waals surface area contributed by atoms with Crippen molar-refractivity contribution in [3.63, 3.8) is 0 Å². The van der Waals surface area contributed by atoms with E-state index in [0.717, 1.165) is 41.3 Å². The Kier molecular flexibility index (Phi) is 4.79. The highest BCUT2D eigenvalue weighted by atomic mass is 32.1. The summed E-state index contributed by atoms with van der Waals surface area (Å²) >= 11 is 2.41. The molecule has 5 rings (SSSR count). The van der Waals surface area contributed by atoms with Gasteiger partial charge in [-0.05, 0) is 54.8 Å². The molecule has 5 nitrogen and oxygen atoms in total. The zero-order chi connectivity index (χ0) is 20.0. The average Bonchev–Trinajstić information content (AvgIpc) is 3.42. The van der Waals surface area contributed by atoms with E-state index in [0.29, 0.717) is 5.69 Å². The van der Waals surface area contributed by atoms with E-state index in [1.165, 1.54) is 54.4 Å². The third-order valence-corrected chi connectivity index (χ3v) is 7.33. The summed E-state index contributed by atoms with van der Waals surface area (Å²) in [4.78, 5) is 19.2. The van der Waals surface area contributed by atoms with Crippen LogP contribution in [-0.4, -0.2) is 28.4 Å². The molecule has 2 aliphatic rings. The standard InChI is InChI=1S/C20H18F2N4OS2/c21-13-2-1-3-14(22)17(13)19-25-16(10-28-19)18(27)24-15-7-23-29-20(15)26-8-11-4-5-12(6-11)9-26/h1-3,7,10-12H,4-6,8-9H2,(H,24,27). The Bertz CT molecular complexity index is 1030. The number of nitrogens with one attached hydrogen (secondary N) is 1. The maximum absolute atomic E-state index is 14.0. The Hall–Kier alpha value is -2.39. The van der Waals surface area contributed by atoms with Gasteiger partial charge >= 0.3 is 0 Å². The molecule has 2 fully saturated rings. The van der Waals surface area contributed by atoms with Crippen molar-refractivity contribution >= 4 is 39.5 Å². The summed E-state index contributed by atoms with van der Waals surface area (Å²) in [5.41, 5.74) is 0.578. The van der Waals surface area contributed by atoms with E-state index >= 15 is 0 Å². The summed E-state index contributed by atoms with van der Waals surface area (Å²) in [6, 6.07) is 3.65. The molecule has 0 radical (unpaired) electrons. The van der Waals surface area contributed by atoms with Crippen LogP contribution >= 0.6 is 22.9 Å². The first-order chi connectivity index (χ1) is 14.1. The quantitative estimate of drug-likeness (QED) is 0.628. The summed E-state index contributed by atoms with van der Waals surface area (Å²) in [7, 11) is 0. The lowest BCUT2D eigenvalue weighted by atomic mass is 9.99. The number of amides is 1. The molecule has 2 aromatic heterocycles. The second kappa shape index (κ2) is 7.46. The summed E-state index contributed by atoms with van der Waals surface area (Å²) in [5, 5.41) is 5.49. The van der Waals surface area contributed by atoms with Gasteiger partial charge in [-0.1, -0.05) is 6.07 Å². The molecule has 2 unspecified atom stereocenters. The van der Waals surface area contributed by atoms with Gasteiger partial charge < -0.3 is 10.2 Å². The Labute approximate surface area is 174 Å². The highest BCUT2D eigenvalue weighted by molar-refractivity contribution is 7.13. The molecule has 29 heavy (non-hydrogen) atoms. The third kappa shape index (κ3) is 3.53. The molecule has 1 aliphatic heterocycles. The van der Waals surface area contributed by atoms with Crippen LogP contribution in [0.4, 0.5) is 19.5 Å². The normalized spacial score (nSPS) is 20.8. The first-order valence-electron chi connectivity index (χ1n) is 9.49. The van der Waals surface area contributed by atoms with Crippen LogP contribution in [0.5, 0.6) is 0 Å². The number of fused-ring (bicyclic) bond motifs is 2. The van der Waals surface area contributed by atoms with Gasteiger partial charge in [-0.25, -0.2) is 13.8 Å². The number of halogens is 2. The molecule has 1 saturated carbocycles. The molecule has 1 saturated heterocycles. The number of carbonyl (C=O) groups is 1. The summed E-state index contributed by atoms with van der Waals surface area (Å²) in [6.45, 7) is 1.99. The van der Waals surface area contributed by atoms with Crippen molar-refractivity contribution in [2.24, 2.45) is 11.8 Å². The van der Waals surface area contributed by atoms with Gasteiger partial charge in [0.15, 0.2) is 0 Å². The van der Waals surface area contributed by atoms with Crippen LogP contribution in [0.25, 0.3) is 10.6 Å². The minimum atomic E-state index is -0.699. The summed E-state index contributed by atoms with van der Waals surface area (Å²) in [6.07, 6.45) is 5.50. The molecule has 1 aliphatic carbocycles. The van der Waals surface area contributed by atoms with E-state index in [1.54, 1.807) is 6.20 Å². The van der Waals surface area contributed by atoms with Gasteiger partial charge in [0.2, 0.25) is 0 Å². The molecule has 150 valence electrons. The SMILES string of the molecule is O=C(Nc1cnsc1N1CC2CCC(C2)C1)c1csc(-c2c(F)cccc2F)n1. The van der Waals surface area contributed by atoms with Gasteiger partial charge in [0.05, 0.1) is 17.4 Å². The first kappa shape index (κ1) is 18.6. The molecule has 9 heteroatoms. The van der Waals surface area contributed by atoms with E-state index in [1.807, 2.05) is 0 Å². The number of hydrogen-bond donors (Lipinski definition) is 1. The Balaban J connectivity index is 1.35. The number of rotatable bonds is 4. The minimum absolute atomic E-state index is 0.128. The fourth-order valence-electron chi connectivity index (χ4n) is 4.30. The van der Waals surface area contributed by atoms with Crippen LogP contribution in [0, 0.1) is 23.5 Å². The highest BCUT2D eigenvalue weighted by Crippen LogP contribution is 2.41. The Morgan fingerprint density at radius 3 is 2.62 bits per heavy atom. The molecule has 3 heterocycles. The predicted molar refractivity (Wildman–Crippen MR) is 111 cm³/mol. The van der Waals surface area contributed by atoms with Gasteiger partial charge in [-0.2, -0.15) is 4.37 Å². The van der Waals surface area contributed by atoms with E-state index < -0.39 is 17.5 Å². The van der Waals surface area contributed by atoms with Crippen molar-refractivity contribution < 1.29 is 13.6 Å². The molecule has 3 aromatic rings. The molecule has 1 amide bonds. The van der Waals surface area contributed by atoms with E-state index in [2.05, 4.69) is 19.6 Å². The molecule has 2 atom stereocenters. The molecule has 0 spiro atoms. The van der Waals surface area contributed by atoms with Crippen LogP contribution in [0.2, 0.25) is 0 Å². The lowest BCUT2D eigenvalue weighted by molar-refractivity contribution is 0.102. The van der Waals surface area contributed by atoms with E-state index in [4.69, 9.17) is 0 Å². The number of nitrogens with zero attached hydrogens (tertiary/aromatic N) is 3. The zero-order valence-electron chi connectivity index (χ0n) is 15.4. The second-order valence-corrected chi connectivity index (χ2v) is 9.22. The molecule has 1 N–H and O–H groups in total. The van der Waals surface area contributed by atoms with Crippen LogP contribution in [0.1, 0.15) is 29.8 Å². The largest absolute Gasteiger partial charge is 0.360 e. The fourth-order valence-corrected chi connectivity index (χ4v) is 5.87. The van der Waals surface area contributed by atoms with Gasteiger partial charge in [-0.3, -0.25) is 4.79 Å². The molecular weight excluding hydrogens is 414 g/mol. The lowest BCUT2D eigenvalue weighted by Crippen LogP contribution is -2.36. The van der Waals surface area contributed by atoms with Crippen molar-refractivity contribution in [2.75, 3.05) is 23.3 Å². The molecule has 2 bridgehead atoms. The topological polar surface area (TPSA) is 58.1 Å². The van der Waals surface area contributed by atoms with Gasteiger partial charge in [0.1, 0.15) is 27.3 Å². The van der Waals surface area contributed by atoms with Gasteiger partial charge in [0.25, 0.3) is 5.91 Å². The number of piperidine rings is 1. The number of thiazole rings is 1. The maximum Gasteiger partial charge on any atom is 0.275 e. The number of aromatic nitrogens is 2. The van der Waals surface area contributed by atoms with Crippen molar-refractivity contribution in [3.05, 3.63) is 47.1 Å². The number of anilines is 2. The number of carbonyl (C=O) groups excluding carboxylic acids is 1. The zero-order valence-corrected chi connectivity index (χ0v) is 17.0. The fraction of sp³-hybridized carbons (Fsp3) is 0.350. The van der Waals surface area contributed by atoms with E-state index in [9.17, 15) is 13.6 Å². The second-order valence-electron chi connectivity index (χ2n) is 7.58. The van der Waals surface area contributed by atoms with Crippen LogP contribution < -0.4 is 10.2 Å². The maximum atomic E-state index is 14.0. The Morgan fingerprint density at radius 2 is 1.90 bits per heavy atom. The van der Waals surface area contributed by atoms with Crippen molar-refractivity contribution in [2.45, 2.75) is 19.3 Å². The van der Waals surface area contributed by atoms with Crippen LogP contribution in [0.15, 0.2) is 29.8 Å². The predicted octanol–water partition coefficient (Wildman–Crippen LogP) is 5.03. The number of hydrogen-bond acceptors (Lipinski definition) is 6. The summed E-state index contributed by atoms with van der Waals surface area (Å²) < 4.78 is 32.2.